The molecule has 5 aromatic rings. The number of hydrogen-bond acceptors (Lipinski definition) is 4. The molecule has 3 N–H and O–H groups in total. The van der Waals surface area contributed by atoms with Crippen molar-refractivity contribution in [3.05, 3.63) is 125 Å². The van der Waals surface area contributed by atoms with E-state index in [4.69, 9.17) is 4.74 Å². The van der Waals surface area contributed by atoms with Crippen LogP contribution < -0.4 is 10.1 Å². The Morgan fingerprint density at radius 3 is 2.42 bits per heavy atom. The highest BCUT2D eigenvalue weighted by Crippen LogP contribution is 2.28. The number of para-hydroxylation sites is 2. The summed E-state index contributed by atoms with van der Waals surface area (Å²) in [4.78, 5) is 27.8. The summed E-state index contributed by atoms with van der Waals surface area (Å²) in [7, 11) is 0. The molecule has 0 spiro atoms. The lowest BCUT2D eigenvalue weighted by Gasteiger charge is -2.16. The van der Waals surface area contributed by atoms with Crippen LogP contribution in [0.2, 0.25) is 0 Å². The third-order valence-corrected chi connectivity index (χ3v) is 6.81. The molecule has 4 aromatic carbocycles. The van der Waals surface area contributed by atoms with Gasteiger partial charge in [0.2, 0.25) is 0 Å². The van der Waals surface area contributed by atoms with E-state index < -0.39 is 17.8 Å². The fraction of sp³-hybridized carbons (Fsp3) is 0.152. The minimum atomic E-state index is -1.03. The lowest BCUT2D eigenvalue weighted by atomic mass is 10.0. The van der Waals surface area contributed by atoms with Gasteiger partial charge in [-0.3, -0.25) is 4.79 Å². The fourth-order valence-electron chi connectivity index (χ4n) is 4.79. The molecule has 0 amide bonds. The Morgan fingerprint density at radius 2 is 1.68 bits per heavy atom. The Kier molecular flexibility index (Phi) is 7.92. The summed E-state index contributed by atoms with van der Waals surface area (Å²) < 4.78 is 19.1. The van der Waals surface area contributed by atoms with Crippen molar-refractivity contribution in [2.45, 2.75) is 25.8 Å². The van der Waals surface area contributed by atoms with Crippen LogP contribution in [0.4, 0.5) is 4.39 Å². The van der Waals surface area contributed by atoms with Crippen LogP contribution in [0.25, 0.3) is 21.8 Å². The summed E-state index contributed by atoms with van der Waals surface area (Å²) in [6, 6.07) is 26.2. The van der Waals surface area contributed by atoms with Crippen LogP contribution >= 0.6 is 0 Å². The van der Waals surface area contributed by atoms with Gasteiger partial charge in [0.15, 0.2) is 5.78 Å². The molecule has 1 heterocycles. The average Bonchev–Trinajstić information content (AvgIpc) is 3.33. The third kappa shape index (κ3) is 6.21. The molecule has 0 radical (unpaired) electrons. The van der Waals surface area contributed by atoms with Gasteiger partial charge in [-0.25, -0.2) is 9.18 Å². The minimum Gasteiger partial charge on any atom is -0.493 e. The number of ether oxygens (including phenoxy) is 1. The zero-order chi connectivity index (χ0) is 28.1. The first-order valence-electron chi connectivity index (χ1n) is 13.0. The normalized spacial score (nSPS) is 12.4. The Morgan fingerprint density at radius 1 is 0.950 bits per heavy atom. The first-order valence-corrected chi connectivity index (χ1v) is 13.0. The zero-order valence-electron chi connectivity index (χ0n) is 22.0. The maximum absolute atomic E-state index is 13.1. The van der Waals surface area contributed by atoms with Crippen molar-refractivity contribution in [3.8, 4) is 5.75 Å². The van der Waals surface area contributed by atoms with Crippen molar-refractivity contribution in [1.29, 1.82) is 0 Å². The van der Waals surface area contributed by atoms with Crippen molar-refractivity contribution < 1.29 is 23.8 Å². The zero-order valence-corrected chi connectivity index (χ0v) is 22.0. The molecule has 6 nitrogen and oxygen atoms in total. The molecule has 0 bridgehead atoms. The van der Waals surface area contributed by atoms with Crippen molar-refractivity contribution in [3.63, 3.8) is 0 Å². The first-order chi connectivity index (χ1) is 19.4. The van der Waals surface area contributed by atoms with Crippen LogP contribution in [-0.4, -0.2) is 34.5 Å². The number of rotatable bonds is 11. The molecule has 0 aliphatic rings. The van der Waals surface area contributed by atoms with E-state index in [0.717, 1.165) is 23.0 Å². The summed E-state index contributed by atoms with van der Waals surface area (Å²) in [6.07, 6.45) is 2.27. The number of aromatic nitrogens is 1. The largest absolute Gasteiger partial charge is 0.493 e. The number of carboxylic acid groups (broad SMARTS) is 1. The van der Waals surface area contributed by atoms with Crippen LogP contribution in [0.15, 0.2) is 103 Å². The van der Waals surface area contributed by atoms with Gasteiger partial charge < -0.3 is 20.1 Å². The van der Waals surface area contributed by atoms with Gasteiger partial charge in [-0.2, -0.15) is 0 Å². The molecular formula is C33H29FN2O4. The predicted octanol–water partition coefficient (Wildman–Crippen LogP) is 6.45. The van der Waals surface area contributed by atoms with E-state index in [1.807, 2.05) is 36.4 Å². The summed E-state index contributed by atoms with van der Waals surface area (Å²) in [6.45, 7) is 2.13. The van der Waals surface area contributed by atoms with E-state index in [1.165, 1.54) is 46.7 Å². The standard InChI is InChI=1S/C33H29FN2O4/c1-21(19-31(37)23-11-13-25(34)14-12-23)35-30(33(38)39)20-22-9-15-26(16-10-22)40-18-17-24-5-4-7-28-27-6-2-3-8-29(27)36-32(24)28/h2-16,19,30,35-36H,17-18,20H2,1H3,(H,38,39)/b21-19-. The number of allylic oxidation sites excluding steroid dienone is 2. The molecule has 0 saturated heterocycles. The number of aromatic amines is 1. The molecule has 0 saturated carbocycles. The quantitative estimate of drug-likeness (QED) is 0.133. The topological polar surface area (TPSA) is 91.4 Å². The van der Waals surface area contributed by atoms with Gasteiger partial charge >= 0.3 is 5.97 Å². The van der Waals surface area contributed by atoms with Crippen LogP contribution in [0, 0.1) is 5.82 Å². The number of aliphatic carboxylic acids is 1. The maximum atomic E-state index is 13.1. The molecule has 1 aromatic heterocycles. The maximum Gasteiger partial charge on any atom is 0.326 e. The minimum absolute atomic E-state index is 0.216. The SMILES string of the molecule is C/C(=C/C(=O)c1ccc(F)cc1)NC(Cc1ccc(OCCc2cccc3c2[nH]c2ccccc23)cc1)C(=O)O. The lowest BCUT2D eigenvalue weighted by molar-refractivity contribution is -0.139. The molecule has 202 valence electrons. The van der Waals surface area contributed by atoms with E-state index in [9.17, 15) is 19.1 Å². The summed E-state index contributed by atoms with van der Waals surface area (Å²) in [5.41, 5.74) is 4.96. The lowest BCUT2D eigenvalue weighted by Crippen LogP contribution is -2.37. The molecule has 0 aliphatic carbocycles. The Balaban J connectivity index is 1.17. The van der Waals surface area contributed by atoms with Gasteiger partial charge in [-0.15, -0.1) is 0 Å². The van der Waals surface area contributed by atoms with E-state index in [1.54, 1.807) is 6.92 Å². The molecular weight excluding hydrogens is 507 g/mol. The first kappa shape index (κ1) is 26.7. The second kappa shape index (κ2) is 11.9. The molecule has 7 heteroatoms. The van der Waals surface area contributed by atoms with Crippen LogP contribution in [0.1, 0.15) is 28.4 Å². The molecule has 1 unspecified atom stereocenters. The summed E-state index contributed by atoms with van der Waals surface area (Å²) >= 11 is 0. The number of hydrogen-bond donors (Lipinski definition) is 3. The second-order valence-corrected chi connectivity index (χ2v) is 9.69. The smallest absolute Gasteiger partial charge is 0.326 e. The van der Waals surface area contributed by atoms with Crippen LogP contribution in [0.3, 0.4) is 0 Å². The van der Waals surface area contributed by atoms with Gasteiger partial charge in [0.1, 0.15) is 17.6 Å². The molecule has 0 aliphatic heterocycles. The van der Waals surface area contributed by atoms with Crippen LogP contribution in [-0.2, 0) is 17.6 Å². The highest BCUT2D eigenvalue weighted by molar-refractivity contribution is 6.08. The monoisotopic (exact) mass is 536 g/mol. The average molecular weight is 537 g/mol. The Labute approximate surface area is 231 Å². The molecule has 40 heavy (non-hydrogen) atoms. The van der Waals surface area contributed by atoms with Crippen molar-refractivity contribution in [2.75, 3.05) is 6.61 Å². The van der Waals surface area contributed by atoms with Gasteiger partial charge in [0, 0.05) is 52.0 Å². The second-order valence-electron chi connectivity index (χ2n) is 9.69. The number of fused-ring (bicyclic) bond motifs is 3. The molecule has 1 atom stereocenters. The Hall–Kier alpha value is -4.91. The molecule has 5 rings (SSSR count). The van der Waals surface area contributed by atoms with Gasteiger partial charge in [-0.05, 0) is 60.5 Å². The third-order valence-electron chi connectivity index (χ3n) is 6.81. The van der Waals surface area contributed by atoms with Gasteiger partial charge in [0.05, 0.1) is 6.61 Å². The number of carbonyl (C=O) groups excluding carboxylic acids is 1. The number of carboxylic acids is 1. The number of benzene rings is 4. The molecule has 0 fully saturated rings. The van der Waals surface area contributed by atoms with E-state index in [-0.39, 0.29) is 12.2 Å². The van der Waals surface area contributed by atoms with E-state index in [0.29, 0.717) is 23.6 Å². The fourth-order valence-corrected chi connectivity index (χ4v) is 4.79. The Bertz CT molecular complexity index is 1690. The number of carbonyl (C=O) groups is 2. The highest BCUT2D eigenvalue weighted by Gasteiger charge is 2.18. The van der Waals surface area contributed by atoms with Gasteiger partial charge in [0.25, 0.3) is 0 Å². The summed E-state index contributed by atoms with van der Waals surface area (Å²) in [5, 5.41) is 15.0. The number of halogens is 1. The number of ketones is 1. The highest BCUT2D eigenvalue weighted by atomic mass is 19.1. The van der Waals surface area contributed by atoms with E-state index >= 15 is 0 Å². The number of nitrogens with one attached hydrogen (secondary N) is 2. The van der Waals surface area contributed by atoms with Crippen molar-refractivity contribution in [1.82, 2.24) is 10.3 Å². The summed E-state index contributed by atoms with van der Waals surface area (Å²) in [5.74, 6) is -1.10. The van der Waals surface area contributed by atoms with Crippen LogP contribution in [0.5, 0.6) is 5.75 Å². The van der Waals surface area contributed by atoms with Gasteiger partial charge in [-0.1, -0.05) is 48.5 Å². The predicted molar refractivity (Wildman–Crippen MR) is 154 cm³/mol. The number of H-pyrrole nitrogens is 1. The van der Waals surface area contributed by atoms with Crippen molar-refractivity contribution in [2.24, 2.45) is 0 Å². The van der Waals surface area contributed by atoms with E-state index in [2.05, 4.69) is 40.6 Å². The van der Waals surface area contributed by atoms with Crippen molar-refractivity contribution >= 4 is 33.6 Å².